The minimum absolute atomic E-state index is 0.0207. The summed E-state index contributed by atoms with van der Waals surface area (Å²) in [5.74, 6) is -4.86. The van der Waals surface area contributed by atoms with Gasteiger partial charge in [-0.1, -0.05) is 12.0 Å². The molecule has 3 aromatic rings. The van der Waals surface area contributed by atoms with Gasteiger partial charge in [-0.05, 0) is 62.3 Å². The molecule has 0 radical (unpaired) electrons. The van der Waals surface area contributed by atoms with Gasteiger partial charge in [0.25, 0.3) is 5.95 Å². The average Bonchev–Trinajstić information content (AvgIpc) is 3.30. The molecule has 220 valence electrons. The van der Waals surface area contributed by atoms with E-state index in [9.17, 15) is 27.9 Å². The molecule has 1 aliphatic carbocycles. The van der Waals surface area contributed by atoms with Gasteiger partial charge in [0, 0.05) is 30.3 Å². The van der Waals surface area contributed by atoms with Gasteiger partial charge in [0.15, 0.2) is 11.6 Å². The molecule has 1 amide bonds. The highest BCUT2D eigenvalue weighted by molar-refractivity contribution is 6.03. The van der Waals surface area contributed by atoms with Crippen molar-refractivity contribution < 1.29 is 37.0 Å². The van der Waals surface area contributed by atoms with Crippen LogP contribution in [0.5, 0.6) is 11.6 Å². The van der Waals surface area contributed by atoms with Gasteiger partial charge in [0.05, 0.1) is 17.8 Å². The zero-order valence-corrected chi connectivity index (χ0v) is 22.5. The maximum Gasteiger partial charge on any atom is 0.421 e. The largest absolute Gasteiger partial charge is 0.478 e. The number of aromatic carboxylic acids is 1. The molecular weight excluding hydrogens is 550 g/mol. The third kappa shape index (κ3) is 6.72. The SMILES string of the molecule is CC1CCC(C(=O)N(c2cc(F)c(Oc3ncc(Cn4nnc(N)n4)cc3C(F)(F)F)cc2C(=O)O)C(C)C)CC1. The van der Waals surface area contributed by atoms with E-state index in [0.717, 1.165) is 42.0 Å². The van der Waals surface area contributed by atoms with E-state index in [-0.39, 0.29) is 35.6 Å². The molecule has 11 nitrogen and oxygen atoms in total. The van der Waals surface area contributed by atoms with E-state index in [1.54, 1.807) is 13.8 Å². The number of carboxylic acid groups (broad SMARTS) is 1. The van der Waals surface area contributed by atoms with Gasteiger partial charge in [-0.2, -0.15) is 18.0 Å². The lowest BCUT2D eigenvalue weighted by atomic mass is 9.82. The third-order valence-corrected chi connectivity index (χ3v) is 6.87. The predicted octanol–water partition coefficient (Wildman–Crippen LogP) is 4.91. The van der Waals surface area contributed by atoms with E-state index in [0.29, 0.717) is 18.8 Å². The molecule has 1 saturated carbocycles. The van der Waals surface area contributed by atoms with E-state index >= 15 is 4.39 Å². The fourth-order valence-corrected chi connectivity index (χ4v) is 4.80. The maximum absolute atomic E-state index is 15.4. The van der Waals surface area contributed by atoms with Gasteiger partial charge < -0.3 is 20.5 Å². The lowest BCUT2D eigenvalue weighted by Gasteiger charge is -2.34. The number of amides is 1. The van der Waals surface area contributed by atoms with E-state index < -0.39 is 46.8 Å². The van der Waals surface area contributed by atoms with E-state index in [2.05, 4.69) is 27.3 Å². The number of anilines is 2. The summed E-state index contributed by atoms with van der Waals surface area (Å²) in [5.41, 5.74) is 3.34. The smallest absolute Gasteiger partial charge is 0.421 e. The number of nitrogen functional groups attached to an aromatic ring is 1. The van der Waals surface area contributed by atoms with Crippen LogP contribution >= 0.6 is 0 Å². The molecule has 2 heterocycles. The Balaban J connectivity index is 1.69. The van der Waals surface area contributed by atoms with Crippen LogP contribution in [0.4, 0.5) is 29.2 Å². The Kier molecular flexibility index (Phi) is 8.44. The number of halogens is 4. The molecule has 4 rings (SSSR count). The third-order valence-electron chi connectivity index (χ3n) is 6.87. The fraction of sp³-hybridized carbons (Fsp3) is 0.462. The van der Waals surface area contributed by atoms with Crippen LogP contribution in [0.25, 0.3) is 0 Å². The first-order chi connectivity index (χ1) is 19.2. The molecule has 2 aromatic heterocycles. The molecule has 1 aromatic carbocycles. The van der Waals surface area contributed by atoms with Crippen molar-refractivity contribution in [3.63, 3.8) is 0 Å². The number of ether oxygens (including phenoxy) is 1. The van der Waals surface area contributed by atoms with Crippen molar-refractivity contribution in [3.8, 4) is 11.6 Å². The van der Waals surface area contributed by atoms with Crippen LogP contribution in [0.2, 0.25) is 0 Å². The number of nitrogens with zero attached hydrogens (tertiary/aromatic N) is 6. The maximum atomic E-state index is 15.4. The first kappa shape index (κ1) is 29.7. The second kappa shape index (κ2) is 11.7. The molecule has 0 unspecified atom stereocenters. The second-order valence-electron chi connectivity index (χ2n) is 10.3. The van der Waals surface area contributed by atoms with Crippen LogP contribution in [0.1, 0.15) is 67.9 Å². The molecule has 0 saturated heterocycles. The summed E-state index contributed by atoms with van der Waals surface area (Å²) in [6, 6.07) is 1.75. The summed E-state index contributed by atoms with van der Waals surface area (Å²) < 4.78 is 62.3. The summed E-state index contributed by atoms with van der Waals surface area (Å²) >= 11 is 0. The average molecular weight is 580 g/mol. The Morgan fingerprint density at radius 2 is 1.88 bits per heavy atom. The summed E-state index contributed by atoms with van der Waals surface area (Å²) in [6.45, 7) is 5.18. The molecule has 15 heteroatoms. The monoisotopic (exact) mass is 579 g/mol. The van der Waals surface area contributed by atoms with Crippen molar-refractivity contribution in [2.24, 2.45) is 11.8 Å². The lowest BCUT2D eigenvalue weighted by molar-refractivity contribution is -0.139. The van der Waals surface area contributed by atoms with E-state index in [1.165, 1.54) is 4.90 Å². The summed E-state index contributed by atoms with van der Waals surface area (Å²) in [7, 11) is 0. The number of aromatic nitrogens is 5. The number of carboxylic acids is 1. The lowest BCUT2D eigenvalue weighted by Crippen LogP contribution is -2.43. The van der Waals surface area contributed by atoms with Gasteiger partial charge in [-0.3, -0.25) is 4.79 Å². The molecule has 3 N–H and O–H groups in total. The number of carbonyl (C=O) groups is 2. The van der Waals surface area contributed by atoms with Gasteiger partial charge >= 0.3 is 12.1 Å². The van der Waals surface area contributed by atoms with Crippen molar-refractivity contribution in [3.05, 3.63) is 46.9 Å². The minimum atomic E-state index is -4.96. The van der Waals surface area contributed by atoms with E-state index in [1.807, 2.05) is 0 Å². The van der Waals surface area contributed by atoms with Crippen molar-refractivity contribution in [2.45, 2.75) is 65.2 Å². The van der Waals surface area contributed by atoms with Crippen LogP contribution in [0, 0.1) is 17.7 Å². The number of carbonyl (C=O) groups excluding carboxylic acids is 1. The molecule has 41 heavy (non-hydrogen) atoms. The molecule has 0 spiro atoms. The molecule has 1 fully saturated rings. The highest BCUT2D eigenvalue weighted by Gasteiger charge is 2.37. The van der Waals surface area contributed by atoms with Gasteiger partial charge in [-0.25, -0.2) is 14.2 Å². The highest BCUT2D eigenvalue weighted by atomic mass is 19.4. The summed E-state index contributed by atoms with van der Waals surface area (Å²) in [4.78, 5) is 31.6. The zero-order chi connectivity index (χ0) is 30.1. The number of tetrazole rings is 1. The normalized spacial score (nSPS) is 17.5. The topological polar surface area (TPSA) is 149 Å². The van der Waals surface area contributed by atoms with Crippen LogP contribution in [0.3, 0.4) is 0 Å². The van der Waals surface area contributed by atoms with Crippen LogP contribution in [0.15, 0.2) is 24.4 Å². The zero-order valence-electron chi connectivity index (χ0n) is 22.5. The number of alkyl halides is 3. The Morgan fingerprint density at radius 1 is 1.20 bits per heavy atom. The molecule has 0 aliphatic heterocycles. The fourth-order valence-electron chi connectivity index (χ4n) is 4.80. The summed E-state index contributed by atoms with van der Waals surface area (Å²) in [6.07, 6.45) is -0.997. The second-order valence-corrected chi connectivity index (χ2v) is 10.3. The Labute approximate surface area is 232 Å². The van der Waals surface area contributed by atoms with Gasteiger partial charge in [0.2, 0.25) is 11.8 Å². The number of hydrogen-bond acceptors (Lipinski definition) is 8. The minimum Gasteiger partial charge on any atom is -0.478 e. The number of nitrogens with two attached hydrogens (primary N) is 1. The summed E-state index contributed by atoms with van der Waals surface area (Å²) in [5, 5.41) is 20.7. The van der Waals surface area contributed by atoms with Crippen molar-refractivity contribution in [2.75, 3.05) is 10.6 Å². The Bertz CT molecular complexity index is 1440. The van der Waals surface area contributed by atoms with Crippen molar-refractivity contribution in [1.82, 2.24) is 25.2 Å². The number of rotatable bonds is 8. The van der Waals surface area contributed by atoms with Crippen LogP contribution in [-0.4, -0.2) is 48.2 Å². The van der Waals surface area contributed by atoms with E-state index in [4.69, 9.17) is 10.5 Å². The Morgan fingerprint density at radius 3 is 2.44 bits per heavy atom. The first-order valence-corrected chi connectivity index (χ1v) is 12.9. The van der Waals surface area contributed by atoms with Crippen molar-refractivity contribution in [1.29, 1.82) is 0 Å². The quantitative estimate of drug-likeness (QED) is 0.355. The number of benzene rings is 1. The predicted molar refractivity (Wildman–Crippen MR) is 138 cm³/mol. The van der Waals surface area contributed by atoms with Crippen molar-refractivity contribution >= 4 is 23.5 Å². The Hall–Kier alpha value is -4.30. The first-order valence-electron chi connectivity index (χ1n) is 12.9. The molecule has 1 aliphatic rings. The number of hydrogen-bond donors (Lipinski definition) is 2. The highest BCUT2D eigenvalue weighted by Crippen LogP contribution is 2.40. The van der Waals surface area contributed by atoms with Gasteiger partial charge in [-0.15, -0.1) is 5.10 Å². The van der Waals surface area contributed by atoms with Crippen LogP contribution < -0.4 is 15.4 Å². The molecule has 0 atom stereocenters. The molecule has 0 bridgehead atoms. The van der Waals surface area contributed by atoms with Crippen LogP contribution in [-0.2, 0) is 17.5 Å². The standard InChI is InChI=1S/C26H29F4N7O4/c1-13(2)37(23(38)16-6-4-14(3)5-7-16)20-10-19(27)21(9-17(20)24(39)40)41-22-18(26(28,29)30)8-15(11-32-22)12-36-34-25(31)33-35-36/h8-11,13-14,16H,4-7,12H2,1-3H3,(H2,31,34)(H,39,40). The number of pyridine rings is 1. The van der Waals surface area contributed by atoms with Gasteiger partial charge in [0.1, 0.15) is 5.56 Å². The molecular formula is C26H29F4N7O4.